The number of aliphatic carboxylic acids is 1. The normalized spacial score (nSPS) is 19.0. The molecule has 1 aromatic carbocycles. The Morgan fingerprint density at radius 2 is 2.15 bits per heavy atom. The molecule has 0 bridgehead atoms. The summed E-state index contributed by atoms with van der Waals surface area (Å²) in [5.74, 6) is 0.0847. The van der Waals surface area contributed by atoms with Crippen molar-refractivity contribution in [3.63, 3.8) is 0 Å². The van der Waals surface area contributed by atoms with Gasteiger partial charge in [-0.2, -0.15) is 5.10 Å². The third kappa shape index (κ3) is 3.70. The van der Waals surface area contributed by atoms with E-state index >= 15 is 0 Å². The maximum Gasteiger partial charge on any atom is 0.317 e. The highest BCUT2D eigenvalue weighted by Gasteiger charge is 2.41. The molecule has 144 valence electrons. The van der Waals surface area contributed by atoms with Gasteiger partial charge in [0.25, 0.3) is 0 Å². The van der Waals surface area contributed by atoms with E-state index in [1.165, 1.54) is 11.1 Å². The third-order valence-electron chi connectivity index (χ3n) is 5.65. The minimum absolute atomic E-state index is 0.101. The van der Waals surface area contributed by atoms with Crippen LogP contribution in [0.4, 0.5) is 0 Å². The Morgan fingerprint density at radius 1 is 1.33 bits per heavy atom. The number of aryl methyl sites for hydroxylation is 1. The van der Waals surface area contributed by atoms with E-state index in [-0.39, 0.29) is 12.1 Å². The molecule has 7 heteroatoms. The molecule has 1 aromatic heterocycles. The first-order valence-electron chi connectivity index (χ1n) is 9.37. The standard InChI is InChI=1S/C20H25N3O4/c1-22-16(4-8-21-22)14-26-17-2-3-18-15(12-17)5-11-27-20(18)6-9-23(10-7-20)13-19(24)25/h2-4,8,12H,5-7,9-11,13-14H2,1H3,(H,24,25). The Labute approximate surface area is 158 Å². The van der Waals surface area contributed by atoms with Crippen molar-refractivity contribution in [2.45, 2.75) is 31.5 Å². The Balaban J connectivity index is 1.47. The quantitative estimate of drug-likeness (QED) is 0.866. The molecule has 0 saturated carbocycles. The minimum atomic E-state index is -0.772. The number of piperidine rings is 1. The van der Waals surface area contributed by atoms with E-state index in [9.17, 15) is 4.79 Å². The molecule has 3 heterocycles. The first-order valence-corrected chi connectivity index (χ1v) is 9.37. The second-order valence-electron chi connectivity index (χ2n) is 7.32. The summed E-state index contributed by atoms with van der Waals surface area (Å²) in [7, 11) is 1.91. The van der Waals surface area contributed by atoms with E-state index in [0.717, 1.165) is 43.8 Å². The largest absolute Gasteiger partial charge is 0.487 e. The van der Waals surface area contributed by atoms with Crippen LogP contribution in [0.5, 0.6) is 5.75 Å². The third-order valence-corrected chi connectivity index (χ3v) is 5.65. The van der Waals surface area contributed by atoms with Crippen LogP contribution in [0.25, 0.3) is 0 Å². The lowest BCUT2D eigenvalue weighted by Crippen LogP contribution is -2.47. The summed E-state index contributed by atoms with van der Waals surface area (Å²) in [6.07, 6.45) is 4.28. The van der Waals surface area contributed by atoms with Gasteiger partial charge < -0.3 is 14.6 Å². The SMILES string of the molecule is Cn1nccc1COc1ccc2c(c1)CCOC21CCN(CC(=O)O)CC1. The highest BCUT2D eigenvalue weighted by Crippen LogP contribution is 2.42. The van der Waals surface area contributed by atoms with Crippen molar-refractivity contribution in [2.24, 2.45) is 7.05 Å². The first-order chi connectivity index (χ1) is 13.1. The van der Waals surface area contributed by atoms with E-state index in [0.29, 0.717) is 13.2 Å². The lowest BCUT2D eigenvalue weighted by atomic mass is 9.79. The number of fused-ring (bicyclic) bond motifs is 2. The number of ether oxygens (including phenoxy) is 2. The maximum absolute atomic E-state index is 10.9. The summed E-state index contributed by atoms with van der Waals surface area (Å²) >= 11 is 0. The average molecular weight is 371 g/mol. The first kappa shape index (κ1) is 18.0. The molecule has 0 amide bonds. The number of benzene rings is 1. The van der Waals surface area contributed by atoms with Crippen molar-refractivity contribution >= 4 is 5.97 Å². The van der Waals surface area contributed by atoms with Crippen LogP contribution < -0.4 is 4.74 Å². The lowest BCUT2D eigenvalue weighted by Gasteiger charge is -2.44. The van der Waals surface area contributed by atoms with E-state index in [4.69, 9.17) is 14.6 Å². The maximum atomic E-state index is 10.9. The molecular weight excluding hydrogens is 346 g/mol. The molecule has 1 N–H and O–H groups in total. The highest BCUT2D eigenvalue weighted by atomic mass is 16.5. The van der Waals surface area contributed by atoms with Crippen LogP contribution >= 0.6 is 0 Å². The Morgan fingerprint density at radius 3 is 2.85 bits per heavy atom. The van der Waals surface area contributed by atoms with Crippen LogP contribution in [0.3, 0.4) is 0 Å². The second kappa shape index (κ2) is 7.32. The zero-order chi connectivity index (χ0) is 18.9. The predicted octanol–water partition coefficient (Wildman–Crippen LogP) is 1.95. The fourth-order valence-corrected chi connectivity index (χ4v) is 4.12. The van der Waals surface area contributed by atoms with Crippen LogP contribution in [0, 0.1) is 0 Å². The van der Waals surface area contributed by atoms with Crippen LogP contribution in [0.2, 0.25) is 0 Å². The second-order valence-corrected chi connectivity index (χ2v) is 7.32. The Hall–Kier alpha value is -2.38. The van der Waals surface area contributed by atoms with Gasteiger partial charge in [-0.1, -0.05) is 6.07 Å². The fourth-order valence-electron chi connectivity index (χ4n) is 4.12. The number of rotatable bonds is 5. The number of likely N-dealkylation sites (tertiary alicyclic amines) is 1. The van der Waals surface area contributed by atoms with Gasteiger partial charge in [-0.25, -0.2) is 0 Å². The zero-order valence-corrected chi connectivity index (χ0v) is 15.6. The molecule has 1 saturated heterocycles. The van der Waals surface area contributed by atoms with Crippen molar-refractivity contribution in [1.82, 2.24) is 14.7 Å². The van der Waals surface area contributed by atoms with Crippen LogP contribution in [-0.4, -0.2) is 52.0 Å². The summed E-state index contributed by atoms with van der Waals surface area (Å²) < 4.78 is 14.0. The van der Waals surface area contributed by atoms with Gasteiger partial charge in [-0.3, -0.25) is 14.4 Å². The number of carboxylic acid groups (broad SMARTS) is 1. The lowest BCUT2D eigenvalue weighted by molar-refractivity contribution is -0.141. The molecule has 2 aliphatic rings. The molecule has 4 rings (SSSR count). The number of carboxylic acids is 1. The van der Waals surface area contributed by atoms with Crippen molar-refractivity contribution in [3.05, 3.63) is 47.3 Å². The number of hydrogen-bond donors (Lipinski definition) is 1. The minimum Gasteiger partial charge on any atom is -0.487 e. The summed E-state index contributed by atoms with van der Waals surface area (Å²) in [5.41, 5.74) is 3.24. The Kier molecular flexibility index (Phi) is 4.88. The van der Waals surface area contributed by atoms with Gasteiger partial charge in [0.15, 0.2) is 0 Å². The molecule has 0 atom stereocenters. The molecule has 0 radical (unpaired) electrons. The zero-order valence-electron chi connectivity index (χ0n) is 15.6. The van der Waals surface area contributed by atoms with Gasteiger partial charge in [0.1, 0.15) is 12.4 Å². The summed E-state index contributed by atoms with van der Waals surface area (Å²) in [4.78, 5) is 12.9. The molecule has 2 aliphatic heterocycles. The van der Waals surface area contributed by atoms with Crippen molar-refractivity contribution < 1.29 is 19.4 Å². The monoisotopic (exact) mass is 371 g/mol. The van der Waals surface area contributed by atoms with Crippen molar-refractivity contribution in [2.75, 3.05) is 26.2 Å². The predicted molar refractivity (Wildman–Crippen MR) is 98.6 cm³/mol. The number of carbonyl (C=O) groups is 1. The molecular formula is C20H25N3O4. The van der Waals surface area contributed by atoms with Gasteiger partial charge in [0.05, 0.1) is 24.4 Å². The summed E-state index contributed by atoms with van der Waals surface area (Å²) in [5, 5.41) is 13.2. The van der Waals surface area contributed by atoms with E-state index in [2.05, 4.69) is 17.2 Å². The number of nitrogens with zero attached hydrogens (tertiary/aromatic N) is 3. The molecule has 0 unspecified atom stereocenters. The van der Waals surface area contributed by atoms with Gasteiger partial charge in [0, 0.05) is 26.3 Å². The molecule has 1 fully saturated rings. The highest BCUT2D eigenvalue weighted by molar-refractivity contribution is 5.69. The van der Waals surface area contributed by atoms with Crippen LogP contribution in [-0.2, 0) is 35.2 Å². The summed E-state index contributed by atoms with van der Waals surface area (Å²) in [6.45, 7) is 2.76. The van der Waals surface area contributed by atoms with Gasteiger partial charge >= 0.3 is 5.97 Å². The average Bonchev–Trinajstić information content (AvgIpc) is 3.07. The number of aromatic nitrogens is 2. The topological polar surface area (TPSA) is 76.8 Å². The fraction of sp³-hybridized carbons (Fsp3) is 0.500. The molecule has 1 spiro atoms. The van der Waals surface area contributed by atoms with Gasteiger partial charge in [-0.05, 0) is 48.6 Å². The number of hydrogen-bond acceptors (Lipinski definition) is 5. The van der Waals surface area contributed by atoms with E-state index in [1.807, 2.05) is 28.8 Å². The van der Waals surface area contributed by atoms with Gasteiger partial charge in [-0.15, -0.1) is 0 Å². The summed E-state index contributed by atoms with van der Waals surface area (Å²) in [6, 6.07) is 8.21. The molecule has 7 nitrogen and oxygen atoms in total. The van der Waals surface area contributed by atoms with Crippen molar-refractivity contribution in [3.8, 4) is 5.75 Å². The van der Waals surface area contributed by atoms with Crippen LogP contribution in [0.15, 0.2) is 30.5 Å². The van der Waals surface area contributed by atoms with E-state index in [1.54, 1.807) is 6.20 Å². The van der Waals surface area contributed by atoms with Crippen LogP contribution in [0.1, 0.15) is 29.7 Å². The molecule has 0 aliphatic carbocycles. The van der Waals surface area contributed by atoms with Crippen molar-refractivity contribution in [1.29, 1.82) is 0 Å². The Bertz CT molecular complexity index is 824. The van der Waals surface area contributed by atoms with Gasteiger partial charge in [0.2, 0.25) is 0 Å². The smallest absolute Gasteiger partial charge is 0.317 e. The molecule has 27 heavy (non-hydrogen) atoms. The molecule has 2 aromatic rings. The van der Waals surface area contributed by atoms with E-state index < -0.39 is 5.97 Å².